The number of nitrogens with zero attached hydrogens (tertiary/aromatic N) is 2. The molecule has 0 aliphatic heterocycles. The van der Waals surface area contributed by atoms with Crippen LogP contribution in [0.15, 0.2) is 213 Å². The molecule has 0 amide bonds. The predicted octanol–water partition coefficient (Wildman–Crippen LogP) is 17.7. The van der Waals surface area contributed by atoms with Gasteiger partial charge in [0, 0.05) is 65.2 Å². The molecule has 0 fully saturated rings. The average molecular weight is 921 g/mol. The van der Waals surface area contributed by atoms with E-state index in [0.717, 1.165) is 84.8 Å². The summed E-state index contributed by atoms with van der Waals surface area (Å²) in [6.45, 7) is 4.33. The third-order valence-electron chi connectivity index (χ3n) is 14.3. The SMILES string of the molecule is CCCc1ccc2oc3cc(-c4cc(-n5c6ccccc6c6ccccc65)ccc4P)ccc3c2c1.Cc1ccc2oc3cc4c(cc3c2c1)oc1ccc(-n2c3ccccc3c3ccccc32)cc14. The van der Waals surface area contributed by atoms with E-state index in [-0.39, 0.29) is 0 Å². The van der Waals surface area contributed by atoms with Gasteiger partial charge in [-0.1, -0.05) is 116 Å². The first-order valence-corrected chi connectivity index (χ1v) is 24.6. The molecule has 6 heteroatoms. The smallest absolute Gasteiger partial charge is 0.136 e. The lowest BCUT2D eigenvalue weighted by atomic mass is 10.0. The Labute approximate surface area is 404 Å². The van der Waals surface area contributed by atoms with Crippen molar-refractivity contribution in [3.8, 4) is 22.5 Å². The lowest BCUT2D eigenvalue weighted by molar-refractivity contribution is 0.664. The molecule has 0 aliphatic carbocycles. The van der Waals surface area contributed by atoms with Crippen molar-refractivity contribution < 1.29 is 13.3 Å². The van der Waals surface area contributed by atoms with Crippen molar-refractivity contribution in [2.75, 3.05) is 0 Å². The van der Waals surface area contributed by atoms with Crippen molar-refractivity contribution in [2.45, 2.75) is 26.7 Å². The summed E-state index contributed by atoms with van der Waals surface area (Å²) >= 11 is 0. The minimum absolute atomic E-state index is 0.881. The van der Waals surface area contributed by atoms with Crippen LogP contribution in [-0.2, 0) is 6.42 Å². The average Bonchev–Trinajstić information content (AvgIpc) is 4.20. The molecule has 10 aromatic carbocycles. The Morgan fingerprint density at radius 3 is 1.40 bits per heavy atom. The van der Waals surface area contributed by atoms with E-state index < -0.39 is 0 Å². The molecule has 0 bridgehead atoms. The molecule has 1 unspecified atom stereocenters. The topological polar surface area (TPSA) is 49.3 Å². The van der Waals surface area contributed by atoms with E-state index in [1.54, 1.807) is 0 Å². The van der Waals surface area contributed by atoms with Crippen molar-refractivity contribution in [1.29, 1.82) is 0 Å². The second-order valence-electron chi connectivity index (χ2n) is 18.6. The largest absolute Gasteiger partial charge is 0.456 e. The van der Waals surface area contributed by atoms with Crippen LogP contribution in [0.2, 0.25) is 0 Å². The van der Waals surface area contributed by atoms with E-state index in [0.29, 0.717) is 0 Å². The first-order valence-electron chi connectivity index (χ1n) is 24.1. The lowest BCUT2D eigenvalue weighted by Crippen LogP contribution is -2.01. The fraction of sp³-hybridized carbons (Fsp3) is 0.0625. The standard InChI is InChI=1S/C33H26NOP.C31H19NO2/c1-2-7-21-12-16-31-28(18-21)26-15-13-22(19-32(26)35-31)27-20-23(14-17-33(27)36)34-29-10-5-3-8-24(29)25-9-4-6-11-30(25)34;1-18-10-12-28-22(14-18)24-16-31-25(17-30(24)33-28)23-15-19(11-13-29(23)34-31)32-26-8-4-2-6-20(26)21-7-3-5-9-27(21)32/h3-6,8-20H,2,7,36H2,1H3;2-17H,1H3. The van der Waals surface area contributed by atoms with Crippen LogP contribution in [0.1, 0.15) is 24.5 Å². The number of aryl methyl sites for hydroxylation is 2. The van der Waals surface area contributed by atoms with Crippen molar-refractivity contribution >= 4 is 124 Å². The van der Waals surface area contributed by atoms with E-state index >= 15 is 0 Å². The molecular weight excluding hydrogens is 876 g/mol. The van der Waals surface area contributed by atoms with Crippen molar-refractivity contribution in [1.82, 2.24) is 9.13 Å². The summed E-state index contributed by atoms with van der Waals surface area (Å²) in [6.07, 6.45) is 2.23. The van der Waals surface area contributed by atoms with Crippen molar-refractivity contribution in [3.63, 3.8) is 0 Å². The maximum Gasteiger partial charge on any atom is 0.136 e. The summed E-state index contributed by atoms with van der Waals surface area (Å²) in [5, 5.41) is 13.0. The Morgan fingerprint density at radius 1 is 0.371 bits per heavy atom. The lowest BCUT2D eigenvalue weighted by Gasteiger charge is -2.12. The first-order chi connectivity index (χ1) is 34.5. The van der Waals surface area contributed by atoms with E-state index in [1.807, 2.05) is 6.07 Å². The highest BCUT2D eigenvalue weighted by Gasteiger charge is 2.18. The highest BCUT2D eigenvalue weighted by atomic mass is 31.0. The van der Waals surface area contributed by atoms with Gasteiger partial charge in [0.2, 0.25) is 0 Å². The fourth-order valence-electron chi connectivity index (χ4n) is 11.1. The highest BCUT2D eigenvalue weighted by molar-refractivity contribution is 7.28. The van der Waals surface area contributed by atoms with Gasteiger partial charge in [-0.05, 0) is 138 Å². The maximum absolute atomic E-state index is 6.31. The molecule has 5 aromatic heterocycles. The van der Waals surface area contributed by atoms with Gasteiger partial charge in [-0.3, -0.25) is 0 Å². The Bertz CT molecular complexity index is 4490. The van der Waals surface area contributed by atoms with Crippen LogP contribution in [-0.4, -0.2) is 9.13 Å². The Morgan fingerprint density at radius 2 is 0.829 bits per heavy atom. The molecule has 5 nitrogen and oxygen atoms in total. The number of fused-ring (bicyclic) bond motifs is 15. The quantitative estimate of drug-likeness (QED) is 0.162. The first kappa shape index (κ1) is 40.7. The van der Waals surface area contributed by atoms with Gasteiger partial charge in [-0.15, -0.1) is 9.24 Å². The van der Waals surface area contributed by atoms with Crippen LogP contribution in [0.3, 0.4) is 0 Å². The predicted molar refractivity (Wildman–Crippen MR) is 297 cm³/mol. The second kappa shape index (κ2) is 15.8. The summed E-state index contributed by atoms with van der Waals surface area (Å²) in [7, 11) is 2.91. The number of para-hydroxylation sites is 4. The Balaban J connectivity index is 0.000000131. The highest BCUT2D eigenvalue weighted by Crippen LogP contribution is 2.40. The molecule has 0 radical (unpaired) electrons. The van der Waals surface area contributed by atoms with Gasteiger partial charge in [0.05, 0.1) is 22.1 Å². The molecule has 70 heavy (non-hydrogen) atoms. The van der Waals surface area contributed by atoms with Gasteiger partial charge < -0.3 is 22.4 Å². The Hall–Kier alpha value is -8.37. The normalized spacial score (nSPS) is 12.0. The number of benzene rings is 10. The third-order valence-corrected chi connectivity index (χ3v) is 14.8. The van der Waals surface area contributed by atoms with Gasteiger partial charge in [-0.25, -0.2) is 0 Å². The number of hydrogen-bond acceptors (Lipinski definition) is 3. The Kier molecular flexibility index (Phi) is 9.21. The fourth-order valence-corrected chi connectivity index (χ4v) is 11.4. The van der Waals surface area contributed by atoms with Gasteiger partial charge >= 0.3 is 0 Å². The van der Waals surface area contributed by atoms with E-state index in [9.17, 15) is 0 Å². The zero-order valence-corrected chi connectivity index (χ0v) is 39.8. The number of hydrogen-bond donors (Lipinski definition) is 0. The maximum atomic E-state index is 6.31. The molecule has 5 heterocycles. The van der Waals surface area contributed by atoms with E-state index in [2.05, 4.69) is 226 Å². The molecule has 1 atom stereocenters. The second-order valence-corrected chi connectivity index (χ2v) is 19.3. The summed E-state index contributed by atoms with van der Waals surface area (Å²) in [6, 6.07) is 71.4. The molecule has 0 saturated heterocycles. The zero-order chi connectivity index (χ0) is 46.6. The summed E-state index contributed by atoms with van der Waals surface area (Å²) in [4.78, 5) is 0. The summed E-state index contributed by atoms with van der Waals surface area (Å²) in [5.41, 5.74) is 17.5. The molecule has 0 N–H and O–H groups in total. The van der Waals surface area contributed by atoms with Gasteiger partial charge in [0.15, 0.2) is 0 Å². The van der Waals surface area contributed by atoms with Crippen molar-refractivity contribution in [3.05, 3.63) is 211 Å². The van der Waals surface area contributed by atoms with Crippen LogP contribution in [0, 0.1) is 6.92 Å². The summed E-state index contributed by atoms with van der Waals surface area (Å²) in [5.74, 6) is 0. The molecule has 15 rings (SSSR count). The number of furan rings is 3. The van der Waals surface area contributed by atoms with Gasteiger partial charge in [-0.2, -0.15) is 0 Å². The van der Waals surface area contributed by atoms with Crippen LogP contribution in [0.5, 0.6) is 0 Å². The van der Waals surface area contributed by atoms with Crippen LogP contribution in [0.25, 0.3) is 132 Å². The minimum atomic E-state index is 0.881. The molecule has 0 aliphatic rings. The number of aromatic nitrogens is 2. The van der Waals surface area contributed by atoms with Crippen LogP contribution >= 0.6 is 9.24 Å². The van der Waals surface area contributed by atoms with Crippen LogP contribution < -0.4 is 5.30 Å². The molecule has 15 aromatic rings. The minimum Gasteiger partial charge on any atom is -0.456 e. The molecule has 0 saturated carbocycles. The van der Waals surface area contributed by atoms with Gasteiger partial charge in [0.25, 0.3) is 0 Å². The van der Waals surface area contributed by atoms with E-state index in [4.69, 9.17) is 13.3 Å². The zero-order valence-electron chi connectivity index (χ0n) is 38.7. The van der Waals surface area contributed by atoms with Crippen LogP contribution in [0.4, 0.5) is 0 Å². The van der Waals surface area contributed by atoms with Gasteiger partial charge in [0.1, 0.15) is 33.5 Å². The monoisotopic (exact) mass is 920 g/mol. The third kappa shape index (κ3) is 6.35. The van der Waals surface area contributed by atoms with Crippen molar-refractivity contribution in [2.24, 2.45) is 0 Å². The number of rotatable bonds is 5. The molecular formula is C64H45N2O3P. The van der Waals surface area contributed by atoms with E-state index in [1.165, 1.54) is 76.4 Å². The summed E-state index contributed by atoms with van der Waals surface area (Å²) < 4.78 is 23.5. The molecule has 0 spiro atoms. The molecule has 334 valence electrons.